The maximum atomic E-state index is 5.65. The number of ether oxygens (including phenoxy) is 1. The van der Waals surface area contributed by atoms with Gasteiger partial charge in [0.25, 0.3) is 0 Å². The fourth-order valence-corrected chi connectivity index (χ4v) is 2.65. The van der Waals surface area contributed by atoms with Gasteiger partial charge in [-0.25, -0.2) is 9.97 Å². The van der Waals surface area contributed by atoms with Crippen LogP contribution in [0.3, 0.4) is 0 Å². The molecule has 2 aromatic heterocycles. The zero-order valence-corrected chi connectivity index (χ0v) is 11.3. The Morgan fingerprint density at radius 3 is 3.11 bits per heavy atom. The highest BCUT2D eigenvalue weighted by molar-refractivity contribution is 7.16. The number of hydrogen-bond donors (Lipinski definition) is 1. The molecule has 5 heteroatoms. The topological polar surface area (TPSA) is 47.0 Å². The molecular formula is C13H17N3OS. The van der Waals surface area contributed by atoms with Crippen molar-refractivity contribution in [3.63, 3.8) is 0 Å². The van der Waals surface area contributed by atoms with E-state index in [4.69, 9.17) is 4.74 Å². The van der Waals surface area contributed by atoms with Crippen LogP contribution < -0.4 is 5.32 Å². The van der Waals surface area contributed by atoms with Gasteiger partial charge in [-0.1, -0.05) is 0 Å². The molecule has 96 valence electrons. The predicted molar refractivity (Wildman–Crippen MR) is 74.0 cm³/mol. The lowest BCUT2D eigenvalue weighted by Crippen LogP contribution is -2.06. The van der Waals surface area contributed by atoms with E-state index in [1.807, 2.05) is 0 Å². The molecule has 0 spiro atoms. The van der Waals surface area contributed by atoms with Crippen molar-refractivity contribution in [2.24, 2.45) is 5.92 Å². The number of anilines is 1. The first kappa shape index (κ1) is 11.9. The molecule has 1 N–H and O–H groups in total. The molecule has 0 aliphatic heterocycles. The van der Waals surface area contributed by atoms with E-state index < -0.39 is 0 Å². The number of nitrogens with one attached hydrogen (secondary N) is 1. The number of fused-ring (bicyclic) bond motifs is 1. The smallest absolute Gasteiger partial charge is 0.158 e. The van der Waals surface area contributed by atoms with Crippen molar-refractivity contribution in [2.45, 2.75) is 26.4 Å². The summed E-state index contributed by atoms with van der Waals surface area (Å²) in [6.45, 7) is 4.30. The summed E-state index contributed by atoms with van der Waals surface area (Å²) >= 11 is 1.65. The van der Waals surface area contributed by atoms with Crippen molar-refractivity contribution in [2.75, 3.05) is 18.5 Å². The van der Waals surface area contributed by atoms with Crippen molar-refractivity contribution in [3.8, 4) is 0 Å². The summed E-state index contributed by atoms with van der Waals surface area (Å²) in [5.74, 6) is 2.49. The maximum absolute atomic E-state index is 5.65. The molecule has 3 rings (SSSR count). The molecule has 0 saturated heterocycles. The third-order valence-electron chi connectivity index (χ3n) is 3.00. The van der Waals surface area contributed by atoms with Gasteiger partial charge in [-0.05, 0) is 37.1 Å². The summed E-state index contributed by atoms with van der Waals surface area (Å²) in [6, 6.07) is 2.06. The third kappa shape index (κ3) is 2.62. The highest BCUT2D eigenvalue weighted by atomic mass is 32.1. The van der Waals surface area contributed by atoms with Gasteiger partial charge in [0.05, 0.1) is 5.39 Å². The summed E-state index contributed by atoms with van der Waals surface area (Å²) in [5.41, 5.74) is 0. The van der Waals surface area contributed by atoms with Crippen LogP contribution in [0.2, 0.25) is 0 Å². The van der Waals surface area contributed by atoms with Crippen LogP contribution in [-0.4, -0.2) is 23.1 Å². The van der Waals surface area contributed by atoms with Crippen LogP contribution in [0.4, 0.5) is 5.82 Å². The standard InChI is InChI=1S/C13H17N3OS/c1-2-14-12-10-5-6-18-13(10)16-11(15-12)8-17-7-9-3-4-9/h5-6,9H,2-4,7-8H2,1H3,(H,14,15,16). The average molecular weight is 263 g/mol. The number of rotatable bonds is 6. The highest BCUT2D eigenvalue weighted by Gasteiger charge is 2.21. The van der Waals surface area contributed by atoms with Crippen molar-refractivity contribution in [1.82, 2.24) is 9.97 Å². The second-order valence-electron chi connectivity index (χ2n) is 4.62. The van der Waals surface area contributed by atoms with Crippen LogP contribution >= 0.6 is 11.3 Å². The summed E-state index contributed by atoms with van der Waals surface area (Å²) in [7, 11) is 0. The molecule has 0 aromatic carbocycles. The predicted octanol–water partition coefficient (Wildman–Crippen LogP) is 3.05. The van der Waals surface area contributed by atoms with Gasteiger partial charge in [-0.2, -0.15) is 0 Å². The summed E-state index contributed by atoms with van der Waals surface area (Å²) in [6.07, 6.45) is 2.63. The van der Waals surface area contributed by atoms with Crippen LogP contribution in [0.15, 0.2) is 11.4 Å². The number of nitrogens with zero attached hydrogens (tertiary/aromatic N) is 2. The van der Waals surface area contributed by atoms with Gasteiger partial charge in [0.2, 0.25) is 0 Å². The van der Waals surface area contributed by atoms with E-state index in [1.165, 1.54) is 12.8 Å². The first-order valence-corrected chi connectivity index (χ1v) is 7.30. The maximum Gasteiger partial charge on any atom is 0.158 e. The molecule has 0 atom stereocenters. The van der Waals surface area contributed by atoms with Crippen molar-refractivity contribution in [3.05, 3.63) is 17.3 Å². The summed E-state index contributed by atoms with van der Waals surface area (Å²) < 4.78 is 5.65. The fraction of sp³-hybridized carbons (Fsp3) is 0.538. The number of thiophene rings is 1. The van der Waals surface area contributed by atoms with Crippen LogP contribution in [0.1, 0.15) is 25.6 Å². The van der Waals surface area contributed by atoms with Crippen LogP contribution in [0.5, 0.6) is 0 Å². The van der Waals surface area contributed by atoms with E-state index in [0.29, 0.717) is 6.61 Å². The molecule has 1 fully saturated rings. The SMILES string of the molecule is CCNc1nc(COCC2CC2)nc2sccc12. The molecule has 18 heavy (non-hydrogen) atoms. The van der Waals surface area contributed by atoms with E-state index in [9.17, 15) is 0 Å². The Balaban J connectivity index is 1.77. The minimum atomic E-state index is 0.517. The van der Waals surface area contributed by atoms with E-state index in [2.05, 4.69) is 33.7 Å². The number of aromatic nitrogens is 2. The van der Waals surface area contributed by atoms with Gasteiger partial charge in [0.15, 0.2) is 5.82 Å². The van der Waals surface area contributed by atoms with Gasteiger partial charge in [-0.3, -0.25) is 0 Å². The molecule has 2 heterocycles. The van der Waals surface area contributed by atoms with E-state index in [0.717, 1.165) is 40.9 Å². The Hall–Kier alpha value is -1.20. The zero-order valence-electron chi connectivity index (χ0n) is 10.5. The number of hydrogen-bond acceptors (Lipinski definition) is 5. The van der Waals surface area contributed by atoms with Gasteiger partial charge < -0.3 is 10.1 Å². The lowest BCUT2D eigenvalue weighted by molar-refractivity contribution is 0.106. The molecular weight excluding hydrogens is 246 g/mol. The van der Waals surface area contributed by atoms with Crippen molar-refractivity contribution < 1.29 is 4.74 Å². The summed E-state index contributed by atoms with van der Waals surface area (Å²) in [5, 5.41) is 6.44. The Bertz CT molecular complexity index is 536. The van der Waals surface area contributed by atoms with E-state index in [-0.39, 0.29) is 0 Å². The first-order chi connectivity index (χ1) is 8.86. The summed E-state index contributed by atoms with van der Waals surface area (Å²) in [4.78, 5) is 10.1. The van der Waals surface area contributed by atoms with Gasteiger partial charge in [-0.15, -0.1) is 11.3 Å². The van der Waals surface area contributed by atoms with Crippen molar-refractivity contribution >= 4 is 27.4 Å². The van der Waals surface area contributed by atoms with Gasteiger partial charge >= 0.3 is 0 Å². The van der Waals surface area contributed by atoms with E-state index in [1.54, 1.807) is 11.3 Å². The minimum Gasteiger partial charge on any atom is -0.373 e. The normalized spacial score (nSPS) is 15.2. The molecule has 0 bridgehead atoms. The third-order valence-corrected chi connectivity index (χ3v) is 3.80. The van der Waals surface area contributed by atoms with Crippen LogP contribution in [0, 0.1) is 5.92 Å². The average Bonchev–Trinajstić information content (AvgIpc) is 3.05. The van der Waals surface area contributed by atoms with Gasteiger partial charge in [0.1, 0.15) is 17.3 Å². The largest absolute Gasteiger partial charge is 0.373 e. The molecule has 1 aliphatic rings. The lowest BCUT2D eigenvalue weighted by atomic mass is 10.3. The Morgan fingerprint density at radius 1 is 1.44 bits per heavy atom. The zero-order chi connectivity index (χ0) is 12.4. The molecule has 1 aliphatic carbocycles. The molecule has 4 nitrogen and oxygen atoms in total. The quantitative estimate of drug-likeness (QED) is 0.870. The van der Waals surface area contributed by atoms with Gasteiger partial charge in [0, 0.05) is 13.2 Å². The molecule has 0 unspecified atom stereocenters. The molecule has 0 radical (unpaired) electrons. The Kier molecular flexibility index (Phi) is 3.43. The Labute approximate surface area is 110 Å². The molecule has 1 saturated carbocycles. The second-order valence-corrected chi connectivity index (χ2v) is 5.51. The minimum absolute atomic E-state index is 0.517. The Morgan fingerprint density at radius 2 is 2.33 bits per heavy atom. The van der Waals surface area contributed by atoms with Crippen LogP contribution in [0.25, 0.3) is 10.2 Å². The highest BCUT2D eigenvalue weighted by Crippen LogP contribution is 2.29. The first-order valence-electron chi connectivity index (χ1n) is 6.42. The fourth-order valence-electron chi connectivity index (χ4n) is 1.87. The molecule has 2 aromatic rings. The monoisotopic (exact) mass is 263 g/mol. The van der Waals surface area contributed by atoms with E-state index >= 15 is 0 Å². The lowest BCUT2D eigenvalue weighted by Gasteiger charge is -2.07. The van der Waals surface area contributed by atoms with Crippen LogP contribution in [-0.2, 0) is 11.3 Å². The van der Waals surface area contributed by atoms with Crippen molar-refractivity contribution in [1.29, 1.82) is 0 Å². The second kappa shape index (κ2) is 5.20. The molecule has 0 amide bonds.